The maximum absolute atomic E-state index is 11.0. The number of imidazole rings is 1. The van der Waals surface area contributed by atoms with E-state index in [1.807, 2.05) is 24.3 Å². The van der Waals surface area contributed by atoms with E-state index in [2.05, 4.69) is 16.5 Å². The van der Waals surface area contributed by atoms with Crippen molar-refractivity contribution in [3.63, 3.8) is 0 Å². The summed E-state index contributed by atoms with van der Waals surface area (Å²) in [7, 11) is 1.57. The number of rotatable bonds is 6. The third kappa shape index (κ3) is 3.07. The molecule has 0 bridgehead atoms. The molecule has 7 heteroatoms. The van der Waals surface area contributed by atoms with Gasteiger partial charge in [-0.1, -0.05) is 23.9 Å². The molecule has 0 amide bonds. The number of non-ortho nitro benzene ring substituents is 1. The quantitative estimate of drug-likeness (QED) is 0.380. The van der Waals surface area contributed by atoms with Crippen molar-refractivity contribution in [2.24, 2.45) is 0 Å². The van der Waals surface area contributed by atoms with Crippen molar-refractivity contribution in [2.45, 2.75) is 24.4 Å². The van der Waals surface area contributed by atoms with E-state index in [9.17, 15) is 10.1 Å². The summed E-state index contributed by atoms with van der Waals surface area (Å²) in [6.07, 6.45) is 0. The van der Waals surface area contributed by atoms with Gasteiger partial charge in [0.15, 0.2) is 5.16 Å². The van der Waals surface area contributed by atoms with Gasteiger partial charge in [0.2, 0.25) is 0 Å². The van der Waals surface area contributed by atoms with Crippen molar-refractivity contribution >= 4 is 28.5 Å². The Morgan fingerprint density at radius 1 is 1.29 bits per heavy atom. The van der Waals surface area contributed by atoms with Crippen LogP contribution in [0.4, 0.5) is 5.69 Å². The average Bonchev–Trinajstić information content (AvgIpc) is 2.97. The number of fused-ring (bicyclic) bond motifs is 1. The molecule has 0 aliphatic heterocycles. The molecule has 1 aromatic heterocycles. The molecule has 0 unspecified atom stereocenters. The van der Waals surface area contributed by atoms with Crippen molar-refractivity contribution in [1.29, 1.82) is 0 Å². The number of nitro benzene ring substituents is 1. The van der Waals surface area contributed by atoms with Gasteiger partial charge in [0, 0.05) is 30.0 Å². The lowest BCUT2D eigenvalue weighted by Crippen LogP contribution is -1.98. The van der Waals surface area contributed by atoms with Crippen LogP contribution >= 0.6 is 11.8 Å². The number of nitrogens with zero attached hydrogens (tertiary/aromatic N) is 3. The van der Waals surface area contributed by atoms with Gasteiger partial charge in [-0.2, -0.15) is 0 Å². The van der Waals surface area contributed by atoms with Gasteiger partial charge in [-0.15, -0.1) is 0 Å². The molecule has 1 heterocycles. The van der Waals surface area contributed by atoms with Crippen molar-refractivity contribution in [1.82, 2.24) is 9.55 Å². The number of methoxy groups -OCH3 is 1. The zero-order valence-corrected chi connectivity index (χ0v) is 14.2. The third-order valence-electron chi connectivity index (χ3n) is 3.77. The first-order valence-corrected chi connectivity index (χ1v) is 8.52. The fourth-order valence-electron chi connectivity index (χ4n) is 2.60. The van der Waals surface area contributed by atoms with Crippen LogP contribution in [-0.4, -0.2) is 21.6 Å². The molecule has 0 N–H and O–H groups in total. The van der Waals surface area contributed by atoms with E-state index >= 15 is 0 Å². The normalized spacial score (nSPS) is 10.9. The van der Waals surface area contributed by atoms with E-state index in [-0.39, 0.29) is 5.69 Å². The lowest BCUT2D eigenvalue weighted by Gasteiger charge is -2.09. The second kappa shape index (κ2) is 6.92. The van der Waals surface area contributed by atoms with Crippen LogP contribution in [0.1, 0.15) is 12.5 Å². The minimum absolute atomic E-state index is 0.0652. The van der Waals surface area contributed by atoms with Crippen LogP contribution < -0.4 is 4.74 Å². The molecular formula is C17H17N3O3S. The largest absolute Gasteiger partial charge is 0.496 e. The number of hydrogen-bond donors (Lipinski definition) is 0. The Kier molecular flexibility index (Phi) is 4.71. The van der Waals surface area contributed by atoms with Gasteiger partial charge in [0.05, 0.1) is 23.1 Å². The van der Waals surface area contributed by atoms with Gasteiger partial charge in [0.1, 0.15) is 5.75 Å². The molecule has 2 aromatic carbocycles. The van der Waals surface area contributed by atoms with Crippen molar-refractivity contribution in [3.05, 3.63) is 58.1 Å². The maximum Gasteiger partial charge on any atom is 0.270 e. The molecule has 0 spiro atoms. The topological polar surface area (TPSA) is 70.2 Å². The molecule has 3 aromatic rings. The smallest absolute Gasteiger partial charge is 0.270 e. The fourth-order valence-corrected chi connectivity index (χ4v) is 3.66. The predicted molar refractivity (Wildman–Crippen MR) is 94.6 cm³/mol. The van der Waals surface area contributed by atoms with Crippen molar-refractivity contribution < 1.29 is 9.66 Å². The second-order valence-corrected chi connectivity index (χ2v) is 6.11. The zero-order valence-electron chi connectivity index (χ0n) is 13.4. The summed E-state index contributed by atoms with van der Waals surface area (Å²) < 4.78 is 7.46. The Bertz CT molecular complexity index is 892. The monoisotopic (exact) mass is 343 g/mol. The summed E-state index contributed by atoms with van der Waals surface area (Å²) in [6, 6.07) is 12.6. The average molecular weight is 343 g/mol. The van der Waals surface area contributed by atoms with Crippen LogP contribution in [0, 0.1) is 10.1 Å². The second-order valence-electron chi connectivity index (χ2n) is 5.17. The summed E-state index contributed by atoms with van der Waals surface area (Å²) in [6.45, 7) is 2.89. The van der Waals surface area contributed by atoms with E-state index in [0.717, 1.165) is 28.3 Å². The van der Waals surface area contributed by atoms with Gasteiger partial charge in [-0.05, 0) is 25.1 Å². The number of thioether (sulfide) groups is 1. The molecule has 0 saturated carbocycles. The molecule has 0 aliphatic rings. The first kappa shape index (κ1) is 16.3. The standard InChI is InChI=1S/C17H17N3O3S/c1-3-19-15-7-5-4-6-14(15)18-17(19)24-11-12-10-13(20(21)22)8-9-16(12)23-2/h4-10H,3,11H2,1-2H3. The highest BCUT2D eigenvalue weighted by atomic mass is 32.2. The SMILES string of the molecule is CCn1c(SCc2cc([N+](=O)[O-])ccc2OC)nc2ccccc21. The number of aromatic nitrogens is 2. The summed E-state index contributed by atoms with van der Waals surface area (Å²) in [5, 5.41) is 11.9. The molecule has 0 aliphatic carbocycles. The molecule has 0 saturated heterocycles. The van der Waals surface area contributed by atoms with E-state index in [0.29, 0.717) is 11.5 Å². The highest BCUT2D eigenvalue weighted by Crippen LogP contribution is 2.32. The Balaban J connectivity index is 1.91. The number of hydrogen-bond acceptors (Lipinski definition) is 5. The Morgan fingerprint density at radius 2 is 2.08 bits per heavy atom. The summed E-state index contributed by atoms with van der Waals surface area (Å²) in [5.74, 6) is 1.20. The Morgan fingerprint density at radius 3 is 2.79 bits per heavy atom. The van der Waals surface area contributed by atoms with Crippen LogP contribution in [0.2, 0.25) is 0 Å². The summed E-state index contributed by atoms with van der Waals surface area (Å²) in [5.41, 5.74) is 2.89. The van der Waals surface area contributed by atoms with E-state index < -0.39 is 4.92 Å². The fraction of sp³-hybridized carbons (Fsp3) is 0.235. The van der Waals surface area contributed by atoms with Gasteiger partial charge in [-0.3, -0.25) is 10.1 Å². The molecule has 0 radical (unpaired) electrons. The third-order valence-corrected chi connectivity index (χ3v) is 4.79. The van der Waals surface area contributed by atoms with Gasteiger partial charge in [-0.25, -0.2) is 4.98 Å². The van der Waals surface area contributed by atoms with Crippen LogP contribution in [-0.2, 0) is 12.3 Å². The number of benzene rings is 2. The Hall–Kier alpha value is -2.54. The van der Waals surface area contributed by atoms with Gasteiger partial charge < -0.3 is 9.30 Å². The molecule has 6 nitrogen and oxygen atoms in total. The first-order chi connectivity index (χ1) is 11.6. The highest BCUT2D eigenvalue weighted by Gasteiger charge is 2.14. The zero-order chi connectivity index (χ0) is 17.1. The molecular weight excluding hydrogens is 326 g/mol. The maximum atomic E-state index is 11.0. The number of para-hydroxylation sites is 2. The first-order valence-electron chi connectivity index (χ1n) is 7.53. The van der Waals surface area contributed by atoms with Crippen LogP contribution in [0.15, 0.2) is 47.6 Å². The minimum atomic E-state index is -0.394. The molecule has 3 rings (SSSR count). The lowest BCUT2D eigenvalue weighted by atomic mass is 10.2. The van der Waals surface area contributed by atoms with Gasteiger partial charge in [0.25, 0.3) is 5.69 Å². The van der Waals surface area contributed by atoms with Crippen LogP contribution in [0.5, 0.6) is 5.75 Å². The van der Waals surface area contributed by atoms with E-state index in [1.54, 1.807) is 31.0 Å². The minimum Gasteiger partial charge on any atom is -0.496 e. The molecule has 124 valence electrons. The van der Waals surface area contributed by atoms with Crippen LogP contribution in [0.25, 0.3) is 11.0 Å². The van der Waals surface area contributed by atoms with Gasteiger partial charge >= 0.3 is 0 Å². The lowest BCUT2D eigenvalue weighted by molar-refractivity contribution is -0.384. The highest BCUT2D eigenvalue weighted by molar-refractivity contribution is 7.98. The molecule has 0 atom stereocenters. The molecule has 0 fully saturated rings. The van der Waals surface area contributed by atoms with Crippen molar-refractivity contribution in [2.75, 3.05) is 7.11 Å². The number of ether oxygens (including phenoxy) is 1. The van der Waals surface area contributed by atoms with E-state index in [4.69, 9.17) is 4.74 Å². The van der Waals surface area contributed by atoms with Crippen molar-refractivity contribution in [3.8, 4) is 5.75 Å². The number of nitro groups is 1. The predicted octanol–water partition coefficient (Wildman–Crippen LogP) is 4.27. The number of aryl methyl sites for hydroxylation is 1. The van der Waals surface area contributed by atoms with Crippen LogP contribution in [0.3, 0.4) is 0 Å². The summed E-state index contributed by atoms with van der Waals surface area (Å²) in [4.78, 5) is 15.3. The summed E-state index contributed by atoms with van der Waals surface area (Å²) >= 11 is 1.55. The van der Waals surface area contributed by atoms with E-state index in [1.165, 1.54) is 6.07 Å². The Labute approximate surface area is 143 Å². The molecule has 24 heavy (non-hydrogen) atoms.